The number of hydrogen-bond acceptors (Lipinski definition) is 3. The van der Waals surface area contributed by atoms with Gasteiger partial charge in [0.2, 0.25) is 5.91 Å². The van der Waals surface area contributed by atoms with E-state index in [4.69, 9.17) is 0 Å². The maximum Gasteiger partial charge on any atom is 0.223 e. The predicted molar refractivity (Wildman–Crippen MR) is 102 cm³/mol. The van der Waals surface area contributed by atoms with Crippen molar-refractivity contribution in [2.75, 3.05) is 20.1 Å². The van der Waals surface area contributed by atoms with Crippen LogP contribution in [0.1, 0.15) is 56.1 Å². The van der Waals surface area contributed by atoms with Crippen LogP contribution < -0.4 is 10.6 Å². The fraction of sp³-hybridized carbons (Fsp3) is 0.667. The molecule has 4 heteroatoms. The molecule has 2 N–H and O–H groups in total. The van der Waals surface area contributed by atoms with Crippen LogP contribution in [-0.4, -0.2) is 37.0 Å². The van der Waals surface area contributed by atoms with Crippen molar-refractivity contribution in [3.8, 4) is 0 Å². The topological polar surface area (TPSA) is 44.4 Å². The lowest BCUT2D eigenvalue weighted by molar-refractivity contribution is -0.125. The van der Waals surface area contributed by atoms with Crippen molar-refractivity contribution in [3.63, 3.8) is 0 Å². The molecule has 1 aromatic carbocycles. The Morgan fingerprint density at radius 3 is 2.48 bits per heavy atom. The molecule has 0 aromatic heterocycles. The number of nitrogens with zero attached hydrogens (tertiary/aromatic N) is 1. The molecule has 1 saturated carbocycles. The monoisotopic (exact) mass is 343 g/mol. The van der Waals surface area contributed by atoms with Crippen LogP contribution >= 0.6 is 0 Å². The Hall–Kier alpha value is -1.39. The van der Waals surface area contributed by atoms with Gasteiger partial charge in [-0.3, -0.25) is 9.69 Å². The summed E-state index contributed by atoms with van der Waals surface area (Å²) in [7, 11) is 2.25. The molecule has 1 aliphatic heterocycles. The van der Waals surface area contributed by atoms with Gasteiger partial charge in [0.1, 0.15) is 0 Å². The molecule has 1 heterocycles. The molecule has 138 valence electrons. The van der Waals surface area contributed by atoms with E-state index in [0.717, 1.165) is 32.5 Å². The van der Waals surface area contributed by atoms with Crippen molar-refractivity contribution in [1.82, 2.24) is 15.5 Å². The van der Waals surface area contributed by atoms with Gasteiger partial charge in [0.15, 0.2) is 0 Å². The van der Waals surface area contributed by atoms with Crippen molar-refractivity contribution >= 4 is 5.91 Å². The minimum Gasteiger partial charge on any atom is -0.352 e. The highest BCUT2D eigenvalue weighted by Crippen LogP contribution is 2.23. The molecule has 2 fully saturated rings. The summed E-state index contributed by atoms with van der Waals surface area (Å²) >= 11 is 0. The Morgan fingerprint density at radius 1 is 1.08 bits per heavy atom. The van der Waals surface area contributed by atoms with Crippen molar-refractivity contribution in [2.45, 2.75) is 64.1 Å². The molecule has 0 bridgehead atoms. The van der Waals surface area contributed by atoms with E-state index in [0.29, 0.717) is 12.6 Å². The maximum atomic E-state index is 12.4. The molecule has 25 heavy (non-hydrogen) atoms. The van der Waals surface area contributed by atoms with Crippen molar-refractivity contribution in [1.29, 1.82) is 0 Å². The molecule has 2 aliphatic rings. The molecule has 4 nitrogen and oxygen atoms in total. The summed E-state index contributed by atoms with van der Waals surface area (Å²) in [6.07, 6.45) is 8.68. The van der Waals surface area contributed by atoms with Gasteiger partial charge in [-0.15, -0.1) is 0 Å². The summed E-state index contributed by atoms with van der Waals surface area (Å²) in [5, 5.41) is 6.50. The molecule has 1 aromatic rings. The third-order valence-corrected chi connectivity index (χ3v) is 5.90. The summed E-state index contributed by atoms with van der Waals surface area (Å²) in [5.41, 5.74) is 2.61. The van der Waals surface area contributed by atoms with Gasteiger partial charge in [-0.2, -0.15) is 0 Å². The Bertz CT molecular complexity index is 548. The van der Waals surface area contributed by atoms with Gasteiger partial charge in [-0.1, -0.05) is 43.5 Å². The van der Waals surface area contributed by atoms with E-state index >= 15 is 0 Å². The second kappa shape index (κ2) is 9.35. The van der Waals surface area contributed by atoms with E-state index in [-0.39, 0.29) is 11.8 Å². The standard InChI is InChI=1S/C21H33N3O/c1-24(20-9-3-2-4-10-20)16-19-8-6-5-7-18(19)15-23-21(25)17-11-13-22-14-12-17/h5-8,17,20,22H,2-4,9-16H2,1H3,(H,23,25). The first-order valence-corrected chi connectivity index (χ1v) is 9.99. The minimum absolute atomic E-state index is 0.179. The first-order valence-electron chi connectivity index (χ1n) is 9.99. The quantitative estimate of drug-likeness (QED) is 0.834. The predicted octanol–water partition coefficient (Wildman–Crippen LogP) is 3.07. The van der Waals surface area contributed by atoms with Crippen LogP contribution in [0.4, 0.5) is 0 Å². The highest BCUT2D eigenvalue weighted by molar-refractivity contribution is 5.78. The number of carbonyl (C=O) groups is 1. The van der Waals surface area contributed by atoms with E-state index in [1.54, 1.807) is 0 Å². The average Bonchev–Trinajstić information content (AvgIpc) is 2.68. The van der Waals surface area contributed by atoms with Crippen LogP contribution in [0.5, 0.6) is 0 Å². The van der Waals surface area contributed by atoms with Crippen LogP contribution in [-0.2, 0) is 17.9 Å². The summed E-state index contributed by atoms with van der Waals surface area (Å²) in [5.74, 6) is 0.398. The first-order chi connectivity index (χ1) is 12.2. The number of hydrogen-bond donors (Lipinski definition) is 2. The number of rotatable bonds is 6. The van der Waals surface area contributed by atoms with Crippen molar-refractivity contribution in [2.24, 2.45) is 5.92 Å². The van der Waals surface area contributed by atoms with E-state index < -0.39 is 0 Å². The average molecular weight is 344 g/mol. The SMILES string of the molecule is CN(Cc1ccccc1CNC(=O)C1CCNCC1)C1CCCCC1. The lowest BCUT2D eigenvalue weighted by Gasteiger charge is -2.31. The number of amides is 1. The minimum atomic E-state index is 0.179. The third kappa shape index (κ3) is 5.29. The lowest BCUT2D eigenvalue weighted by atomic mass is 9.94. The van der Waals surface area contributed by atoms with Gasteiger partial charge < -0.3 is 10.6 Å². The second-order valence-electron chi connectivity index (χ2n) is 7.72. The maximum absolute atomic E-state index is 12.4. The molecule has 0 unspecified atom stereocenters. The van der Waals surface area contributed by atoms with Crippen LogP contribution in [0.2, 0.25) is 0 Å². The molecule has 0 spiro atoms. The van der Waals surface area contributed by atoms with E-state index in [1.807, 2.05) is 0 Å². The molecular weight excluding hydrogens is 310 g/mol. The van der Waals surface area contributed by atoms with Crippen LogP contribution in [0.3, 0.4) is 0 Å². The normalized spacial score (nSPS) is 19.9. The number of carbonyl (C=O) groups excluding carboxylic acids is 1. The Kier molecular flexibility index (Phi) is 6.88. The van der Waals surface area contributed by atoms with Gasteiger partial charge in [0.05, 0.1) is 0 Å². The summed E-state index contributed by atoms with van der Waals surface area (Å²) in [4.78, 5) is 14.9. The highest BCUT2D eigenvalue weighted by Gasteiger charge is 2.21. The molecule has 1 saturated heterocycles. The lowest BCUT2D eigenvalue weighted by Crippen LogP contribution is -2.38. The number of piperidine rings is 1. The second-order valence-corrected chi connectivity index (χ2v) is 7.72. The summed E-state index contributed by atoms with van der Waals surface area (Å²) < 4.78 is 0. The van der Waals surface area contributed by atoms with Crippen LogP contribution in [0.15, 0.2) is 24.3 Å². The van der Waals surface area contributed by atoms with Gasteiger partial charge in [0.25, 0.3) is 0 Å². The molecule has 3 rings (SSSR count). The van der Waals surface area contributed by atoms with Gasteiger partial charge >= 0.3 is 0 Å². The Labute approximate surface area is 152 Å². The largest absolute Gasteiger partial charge is 0.352 e. The highest BCUT2D eigenvalue weighted by atomic mass is 16.1. The van der Waals surface area contributed by atoms with E-state index in [9.17, 15) is 4.79 Å². The zero-order valence-corrected chi connectivity index (χ0v) is 15.6. The summed E-state index contributed by atoms with van der Waals surface area (Å²) in [6, 6.07) is 9.28. The Morgan fingerprint density at radius 2 is 1.76 bits per heavy atom. The molecule has 0 radical (unpaired) electrons. The fourth-order valence-electron chi connectivity index (χ4n) is 4.21. The molecular formula is C21H33N3O. The number of nitrogens with one attached hydrogen (secondary N) is 2. The third-order valence-electron chi connectivity index (χ3n) is 5.90. The smallest absolute Gasteiger partial charge is 0.223 e. The number of benzene rings is 1. The fourth-order valence-corrected chi connectivity index (χ4v) is 4.21. The zero-order valence-electron chi connectivity index (χ0n) is 15.6. The van der Waals surface area contributed by atoms with E-state index in [1.165, 1.54) is 43.2 Å². The van der Waals surface area contributed by atoms with Crippen molar-refractivity contribution in [3.05, 3.63) is 35.4 Å². The zero-order chi connectivity index (χ0) is 17.5. The van der Waals surface area contributed by atoms with Crippen molar-refractivity contribution < 1.29 is 4.79 Å². The molecule has 0 atom stereocenters. The first kappa shape index (κ1) is 18.4. The molecule has 1 aliphatic carbocycles. The molecule has 1 amide bonds. The summed E-state index contributed by atoms with van der Waals surface area (Å²) in [6.45, 7) is 3.54. The van der Waals surface area contributed by atoms with Crippen LogP contribution in [0, 0.1) is 5.92 Å². The Balaban J connectivity index is 1.55. The van der Waals surface area contributed by atoms with E-state index in [2.05, 4.69) is 46.8 Å². The van der Waals surface area contributed by atoms with Gasteiger partial charge in [-0.25, -0.2) is 0 Å². The van der Waals surface area contributed by atoms with Gasteiger partial charge in [-0.05, 0) is 56.9 Å². The van der Waals surface area contributed by atoms with Gasteiger partial charge in [0, 0.05) is 25.0 Å². The van der Waals surface area contributed by atoms with Crippen LogP contribution in [0.25, 0.3) is 0 Å².